The van der Waals surface area contributed by atoms with Crippen molar-refractivity contribution in [3.05, 3.63) is 47.0 Å². The van der Waals surface area contributed by atoms with Gasteiger partial charge in [0.15, 0.2) is 5.82 Å². The van der Waals surface area contributed by atoms with E-state index in [2.05, 4.69) is 20.8 Å². The van der Waals surface area contributed by atoms with Crippen molar-refractivity contribution in [1.29, 1.82) is 0 Å². The molecule has 23 heavy (non-hydrogen) atoms. The van der Waals surface area contributed by atoms with Gasteiger partial charge in [0.2, 0.25) is 0 Å². The van der Waals surface area contributed by atoms with Crippen molar-refractivity contribution in [1.82, 2.24) is 10.2 Å². The zero-order valence-electron chi connectivity index (χ0n) is 12.8. The van der Waals surface area contributed by atoms with Crippen molar-refractivity contribution in [2.45, 2.75) is 38.1 Å². The molecule has 5 nitrogen and oxygen atoms in total. The first-order chi connectivity index (χ1) is 11.2. The molecule has 6 heteroatoms. The van der Waals surface area contributed by atoms with Gasteiger partial charge in [-0.1, -0.05) is 36.9 Å². The molecule has 1 saturated carbocycles. The van der Waals surface area contributed by atoms with Crippen LogP contribution in [0.5, 0.6) is 0 Å². The number of hydrogen-bond donors (Lipinski definition) is 2. The van der Waals surface area contributed by atoms with Crippen LogP contribution in [0.25, 0.3) is 0 Å². The van der Waals surface area contributed by atoms with Crippen molar-refractivity contribution in [3.63, 3.8) is 0 Å². The molecule has 0 atom stereocenters. The fourth-order valence-electron chi connectivity index (χ4n) is 2.75. The van der Waals surface area contributed by atoms with E-state index in [0.717, 1.165) is 5.82 Å². The lowest BCUT2D eigenvalue weighted by atomic mass is 9.95. The summed E-state index contributed by atoms with van der Waals surface area (Å²) in [5.41, 5.74) is 0.490. The quantitative estimate of drug-likeness (QED) is 0.884. The number of benzene rings is 1. The number of rotatable bonds is 4. The third kappa shape index (κ3) is 4.42. The van der Waals surface area contributed by atoms with E-state index in [4.69, 9.17) is 11.6 Å². The molecule has 1 aliphatic carbocycles. The Morgan fingerprint density at radius 2 is 1.78 bits per heavy atom. The van der Waals surface area contributed by atoms with Gasteiger partial charge in [-0.2, -0.15) is 0 Å². The normalized spacial score (nSPS) is 15.2. The summed E-state index contributed by atoms with van der Waals surface area (Å²) < 4.78 is 0. The SMILES string of the molecule is O=C(Nc1ccc(NC2CCCCC2)nn1)c1cccc(Cl)c1. The predicted octanol–water partition coefficient (Wildman–Crippen LogP) is 4.13. The zero-order valence-corrected chi connectivity index (χ0v) is 13.5. The Morgan fingerprint density at radius 1 is 1.04 bits per heavy atom. The number of halogens is 1. The van der Waals surface area contributed by atoms with Gasteiger partial charge in [-0.05, 0) is 43.2 Å². The van der Waals surface area contributed by atoms with Gasteiger partial charge in [-0.15, -0.1) is 10.2 Å². The van der Waals surface area contributed by atoms with Gasteiger partial charge in [0.25, 0.3) is 5.91 Å². The first-order valence-electron chi connectivity index (χ1n) is 7.88. The second-order valence-electron chi connectivity index (χ2n) is 5.75. The maximum Gasteiger partial charge on any atom is 0.256 e. The van der Waals surface area contributed by atoms with E-state index in [1.54, 1.807) is 30.3 Å². The first-order valence-corrected chi connectivity index (χ1v) is 8.26. The number of nitrogens with zero attached hydrogens (tertiary/aromatic N) is 2. The number of amides is 1. The van der Waals surface area contributed by atoms with E-state index in [1.165, 1.54) is 32.1 Å². The molecule has 2 N–H and O–H groups in total. The molecule has 1 amide bonds. The molecule has 0 bridgehead atoms. The zero-order chi connectivity index (χ0) is 16.1. The standard InChI is InChI=1S/C17H19ClN4O/c18-13-6-4-5-12(11-13)17(23)20-16-10-9-15(21-22-16)19-14-7-2-1-3-8-14/h4-6,9-11,14H,1-3,7-8H2,(H,19,21)(H,20,22,23). The third-order valence-corrected chi connectivity index (χ3v) is 4.19. The molecule has 120 valence electrons. The summed E-state index contributed by atoms with van der Waals surface area (Å²) >= 11 is 5.89. The Labute approximate surface area is 140 Å². The molecule has 0 radical (unpaired) electrons. The van der Waals surface area contributed by atoms with Crippen LogP contribution >= 0.6 is 11.6 Å². The largest absolute Gasteiger partial charge is 0.366 e. The highest BCUT2D eigenvalue weighted by molar-refractivity contribution is 6.31. The van der Waals surface area contributed by atoms with Crippen LogP contribution in [0, 0.1) is 0 Å². The second kappa shape index (κ2) is 7.42. The lowest BCUT2D eigenvalue weighted by molar-refractivity contribution is 0.102. The average molecular weight is 331 g/mol. The maximum absolute atomic E-state index is 12.1. The van der Waals surface area contributed by atoms with Gasteiger partial charge >= 0.3 is 0 Å². The lowest BCUT2D eigenvalue weighted by Gasteiger charge is -2.22. The summed E-state index contributed by atoms with van der Waals surface area (Å²) in [7, 11) is 0. The minimum Gasteiger partial charge on any atom is -0.366 e. The van der Waals surface area contributed by atoms with Crippen LogP contribution < -0.4 is 10.6 Å². The highest BCUT2D eigenvalue weighted by atomic mass is 35.5. The number of carbonyl (C=O) groups excluding carboxylic acids is 1. The fourth-order valence-corrected chi connectivity index (χ4v) is 2.94. The fraction of sp³-hybridized carbons (Fsp3) is 0.353. The molecule has 2 aromatic rings. The van der Waals surface area contributed by atoms with Crippen LogP contribution in [0.15, 0.2) is 36.4 Å². The number of aromatic nitrogens is 2. The van der Waals surface area contributed by atoms with Gasteiger partial charge in [0.1, 0.15) is 5.82 Å². The molecule has 1 fully saturated rings. The minimum absolute atomic E-state index is 0.255. The molecule has 3 rings (SSSR count). The maximum atomic E-state index is 12.1. The van der Waals surface area contributed by atoms with Crippen LogP contribution in [0.4, 0.5) is 11.6 Å². The Kier molecular flexibility index (Phi) is 5.08. The molecule has 1 aliphatic rings. The number of hydrogen-bond acceptors (Lipinski definition) is 4. The van der Waals surface area contributed by atoms with E-state index in [0.29, 0.717) is 22.4 Å². The Hall–Kier alpha value is -2.14. The predicted molar refractivity (Wildman–Crippen MR) is 91.9 cm³/mol. The summed E-state index contributed by atoms with van der Waals surface area (Å²) in [6, 6.07) is 10.8. The number of nitrogens with one attached hydrogen (secondary N) is 2. The van der Waals surface area contributed by atoms with Crippen molar-refractivity contribution in [3.8, 4) is 0 Å². The third-order valence-electron chi connectivity index (χ3n) is 3.95. The molecule has 0 spiro atoms. The van der Waals surface area contributed by atoms with Crippen molar-refractivity contribution < 1.29 is 4.79 Å². The minimum atomic E-state index is -0.255. The van der Waals surface area contributed by atoms with E-state index < -0.39 is 0 Å². The van der Waals surface area contributed by atoms with E-state index in [1.807, 2.05) is 6.07 Å². The van der Waals surface area contributed by atoms with Gasteiger partial charge in [-0.3, -0.25) is 4.79 Å². The van der Waals surface area contributed by atoms with Crippen LogP contribution in [0.3, 0.4) is 0 Å². The van der Waals surface area contributed by atoms with Crippen molar-refractivity contribution in [2.24, 2.45) is 0 Å². The van der Waals surface area contributed by atoms with E-state index in [-0.39, 0.29) is 5.91 Å². The van der Waals surface area contributed by atoms with Gasteiger partial charge < -0.3 is 10.6 Å². The Morgan fingerprint density at radius 3 is 2.48 bits per heavy atom. The van der Waals surface area contributed by atoms with Crippen LogP contribution in [-0.2, 0) is 0 Å². The summed E-state index contributed by atoms with van der Waals surface area (Å²) in [6.45, 7) is 0. The molecule has 1 aromatic heterocycles. The number of anilines is 2. The van der Waals surface area contributed by atoms with Crippen LogP contribution in [0.2, 0.25) is 5.02 Å². The average Bonchev–Trinajstić information content (AvgIpc) is 2.57. The Bertz CT molecular complexity index is 669. The van der Waals surface area contributed by atoms with Crippen LogP contribution in [-0.4, -0.2) is 22.1 Å². The van der Waals surface area contributed by atoms with Crippen molar-refractivity contribution >= 4 is 29.1 Å². The molecular weight excluding hydrogens is 312 g/mol. The second-order valence-corrected chi connectivity index (χ2v) is 6.18. The van der Waals surface area contributed by atoms with Crippen molar-refractivity contribution in [2.75, 3.05) is 10.6 Å². The van der Waals surface area contributed by atoms with E-state index in [9.17, 15) is 4.79 Å². The van der Waals surface area contributed by atoms with E-state index >= 15 is 0 Å². The molecule has 0 saturated heterocycles. The van der Waals surface area contributed by atoms with Gasteiger partial charge in [-0.25, -0.2) is 0 Å². The number of carbonyl (C=O) groups is 1. The van der Waals surface area contributed by atoms with Crippen LogP contribution in [0.1, 0.15) is 42.5 Å². The monoisotopic (exact) mass is 330 g/mol. The highest BCUT2D eigenvalue weighted by Gasteiger charge is 2.14. The van der Waals surface area contributed by atoms with Gasteiger partial charge in [0, 0.05) is 16.6 Å². The smallest absolute Gasteiger partial charge is 0.256 e. The topological polar surface area (TPSA) is 66.9 Å². The van der Waals surface area contributed by atoms with Gasteiger partial charge in [0.05, 0.1) is 0 Å². The highest BCUT2D eigenvalue weighted by Crippen LogP contribution is 2.21. The molecule has 1 aromatic carbocycles. The lowest BCUT2D eigenvalue weighted by Crippen LogP contribution is -2.23. The summed E-state index contributed by atoms with van der Waals surface area (Å²) in [4.78, 5) is 12.1. The molecular formula is C17H19ClN4O. The summed E-state index contributed by atoms with van der Waals surface area (Å²) in [5, 5.41) is 14.8. The molecule has 1 heterocycles. The molecule has 0 aliphatic heterocycles. The first kappa shape index (κ1) is 15.7. The summed E-state index contributed by atoms with van der Waals surface area (Å²) in [6.07, 6.45) is 6.19. The Balaban J connectivity index is 1.59. The summed E-state index contributed by atoms with van der Waals surface area (Å²) in [5.74, 6) is 0.914. The molecule has 0 unspecified atom stereocenters.